The Kier molecular flexibility index (Phi) is 5.90. The van der Waals surface area contributed by atoms with Crippen LogP contribution in [0, 0.1) is 5.82 Å². The maximum absolute atomic E-state index is 13.3. The quantitative estimate of drug-likeness (QED) is 0.440. The van der Waals surface area contributed by atoms with E-state index in [4.69, 9.17) is 11.6 Å². The van der Waals surface area contributed by atoms with Crippen molar-refractivity contribution in [2.45, 2.75) is 24.7 Å². The highest BCUT2D eigenvalue weighted by Gasteiger charge is 2.36. The molecule has 0 aliphatic carbocycles. The Balaban J connectivity index is 1.57. The van der Waals surface area contributed by atoms with E-state index in [9.17, 15) is 24.2 Å². The van der Waals surface area contributed by atoms with Gasteiger partial charge in [0.15, 0.2) is 0 Å². The lowest BCUT2D eigenvalue weighted by atomic mass is 10.0. The monoisotopic (exact) mass is 446 g/mol. The molecule has 0 unspecified atom stereocenters. The van der Waals surface area contributed by atoms with Crippen molar-refractivity contribution in [3.8, 4) is 0 Å². The summed E-state index contributed by atoms with van der Waals surface area (Å²) in [6, 6.07) is 7.84. The van der Waals surface area contributed by atoms with E-state index in [2.05, 4.69) is 15.3 Å². The van der Waals surface area contributed by atoms with Gasteiger partial charge in [0.1, 0.15) is 22.7 Å². The van der Waals surface area contributed by atoms with Gasteiger partial charge in [0.05, 0.1) is 23.9 Å². The molecule has 1 aliphatic rings. The number of carbonyl (C=O) groups excluding carboxylic acids is 2. The summed E-state index contributed by atoms with van der Waals surface area (Å²) in [4.78, 5) is 34.1. The number of pyridine rings is 1. The summed E-state index contributed by atoms with van der Waals surface area (Å²) in [5.41, 5.74) is 1.48. The molecule has 4 rings (SSSR count). The van der Waals surface area contributed by atoms with Gasteiger partial charge in [0.25, 0.3) is 5.91 Å². The minimum absolute atomic E-state index is 0.0354. The number of benzene rings is 1. The van der Waals surface area contributed by atoms with Crippen LogP contribution >= 0.6 is 11.6 Å². The molecule has 0 saturated carbocycles. The van der Waals surface area contributed by atoms with Crippen LogP contribution in [0.3, 0.4) is 0 Å². The van der Waals surface area contributed by atoms with Crippen molar-refractivity contribution >= 4 is 34.3 Å². The van der Waals surface area contributed by atoms with Crippen molar-refractivity contribution in [2.24, 2.45) is 0 Å². The highest BCUT2D eigenvalue weighted by molar-refractivity contribution is 6.30. The van der Waals surface area contributed by atoms with Crippen LogP contribution in [0.25, 0.3) is 10.9 Å². The summed E-state index contributed by atoms with van der Waals surface area (Å²) in [6.45, 7) is -0.0707. The smallest absolute Gasteiger partial charge is 0.268 e. The minimum atomic E-state index is -1.04. The highest BCUT2D eigenvalue weighted by atomic mass is 35.5. The molecule has 4 N–H and O–H groups in total. The number of H-pyrrole nitrogens is 1. The molecule has 3 aromatic rings. The van der Waals surface area contributed by atoms with E-state index in [-0.39, 0.29) is 30.4 Å². The summed E-state index contributed by atoms with van der Waals surface area (Å²) in [5, 5.41) is 23.3. The Morgan fingerprint density at radius 3 is 2.58 bits per heavy atom. The zero-order valence-corrected chi connectivity index (χ0v) is 17.0. The third-order valence-electron chi connectivity index (χ3n) is 5.24. The van der Waals surface area contributed by atoms with Crippen LogP contribution in [-0.2, 0) is 11.2 Å². The standard InChI is InChI=1S/C21H20ClFN4O4/c22-19-7-12-6-14(25-16(12)8-24-19)20(30)26-15(5-11-1-3-13(23)4-2-11)21(31)27-9-17(28)18(29)10-27/h1-4,6-8,15,17-18,25,28-29H,5,9-10H2,(H,26,30)/t15-,17+,18+/m0/s1. The number of aromatic amines is 1. The summed E-state index contributed by atoms with van der Waals surface area (Å²) in [5.74, 6) is -1.38. The average Bonchev–Trinajstić information content (AvgIpc) is 3.31. The minimum Gasteiger partial charge on any atom is -0.388 e. The molecule has 0 bridgehead atoms. The predicted molar refractivity (Wildman–Crippen MR) is 111 cm³/mol. The van der Waals surface area contributed by atoms with Crippen molar-refractivity contribution in [2.75, 3.05) is 13.1 Å². The summed E-state index contributed by atoms with van der Waals surface area (Å²) < 4.78 is 13.3. The number of nitrogens with one attached hydrogen (secondary N) is 2. The number of rotatable bonds is 5. The van der Waals surface area contributed by atoms with E-state index in [1.54, 1.807) is 12.1 Å². The van der Waals surface area contributed by atoms with Crippen LogP contribution in [0.5, 0.6) is 0 Å². The lowest BCUT2D eigenvalue weighted by Crippen LogP contribution is -2.49. The Morgan fingerprint density at radius 1 is 1.23 bits per heavy atom. The first kappa shape index (κ1) is 21.2. The van der Waals surface area contributed by atoms with Crippen molar-refractivity contribution < 1.29 is 24.2 Å². The van der Waals surface area contributed by atoms with Crippen LogP contribution in [0.1, 0.15) is 16.1 Å². The second-order valence-corrected chi connectivity index (χ2v) is 7.90. The molecule has 1 fully saturated rings. The second-order valence-electron chi connectivity index (χ2n) is 7.51. The normalized spacial score (nSPS) is 19.5. The molecule has 3 atom stereocenters. The maximum Gasteiger partial charge on any atom is 0.268 e. The van der Waals surface area contributed by atoms with Gasteiger partial charge in [0.2, 0.25) is 5.91 Å². The van der Waals surface area contributed by atoms with E-state index < -0.39 is 35.9 Å². The van der Waals surface area contributed by atoms with Gasteiger partial charge in [-0.2, -0.15) is 0 Å². The first-order valence-electron chi connectivity index (χ1n) is 9.64. The fourth-order valence-corrected chi connectivity index (χ4v) is 3.76. The van der Waals surface area contributed by atoms with E-state index in [0.717, 1.165) is 0 Å². The molecule has 31 heavy (non-hydrogen) atoms. The number of amides is 2. The third kappa shape index (κ3) is 4.68. The Labute approximate surface area is 181 Å². The molecule has 1 aliphatic heterocycles. The number of hydrogen-bond acceptors (Lipinski definition) is 5. The number of aliphatic hydroxyl groups excluding tert-OH is 2. The van der Waals surface area contributed by atoms with Crippen molar-refractivity contribution in [3.63, 3.8) is 0 Å². The van der Waals surface area contributed by atoms with E-state index in [1.807, 2.05) is 0 Å². The summed E-state index contributed by atoms with van der Waals surface area (Å²) >= 11 is 5.89. The summed E-state index contributed by atoms with van der Waals surface area (Å²) in [7, 11) is 0. The van der Waals surface area contributed by atoms with Gasteiger partial charge in [-0.25, -0.2) is 9.37 Å². The first-order chi connectivity index (χ1) is 14.8. The van der Waals surface area contributed by atoms with Crippen LogP contribution in [-0.4, -0.2) is 68.2 Å². The number of β-amino-alcohol motifs (C(OH)–C–C–N with tert-alkyl or cyclic N) is 2. The van der Waals surface area contributed by atoms with Gasteiger partial charge in [-0.15, -0.1) is 0 Å². The van der Waals surface area contributed by atoms with Gasteiger partial charge < -0.3 is 25.4 Å². The lowest BCUT2D eigenvalue weighted by Gasteiger charge is -2.24. The molecule has 0 spiro atoms. The van der Waals surface area contributed by atoms with Gasteiger partial charge in [-0.1, -0.05) is 23.7 Å². The first-order valence-corrected chi connectivity index (χ1v) is 10.0. The Morgan fingerprint density at radius 2 is 1.90 bits per heavy atom. The maximum atomic E-state index is 13.3. The van der Waals surface area contributed by atoms with Crippen LogP contribution < -0.4 is 5.32 Å². The molecule has 8 nitrogen and oxygen atoms in total. The van der Waals surface area contributed by atoms with Crippen LogP contribution in [0.2, 0.25) is 5.15 Å². The fourth-order valence-electron chi connectivity index (χ4n) is 3.59. The predicted octanol–water partition coefficient (Wildman–Crippen LogP) is 1.26. The average molecular weight is 447 g/mol. The molecule has 1 aromatic carbocycles. The zero-order valence-electron chi connectivity index (χ0n) is 16.3. The van der Waals surface area contributed by atoms with Crippen molar-refractivity contribution in [3.05, 3.63) is 64.8 Å². The number of aromatic nitrogens is 2. The van der Waals surface area contributed by atoms with Crippen LogP contribution in [0.4, 0.5) is 4.39 Å². The molecule has 162 valence electrons. The number of nitrogens with zero attached hydrogens (tertiary/aromatic N) is 2. The number of aliphatic hydroxyl groups is 2. The van der Waals surface area contributed by atoms with Gasteiger partial charge in [0, 0.05) is 24.9 Å². The molecule has 1 saturated heterocycles. The molecular formula is C21H20ClFN4O4. The Hall–Kier alpha value is -3.01. The van der Waals surface area contributed by atoms with Gasteiger partial charge in [-0.3, -0.25) is 9.59 Å². The molecule has 0 radical (unpaired) electrons. The zero-order chi connectivity index (χ0) is 22.1. The van der Waals surface area contributed by atoms with E-state index in [1.165, 1.54) is 35.4 Å². The number of fused-ring (bicyclic) bond motifs is 1. The molecule has 2 amide bonds. The van der Waals surface area contributed by atoms with Crippen molar-refractivity contribution in [1.82, 2.24) is 20.2 Å². The lowest BCUT2D eigenvalue weighted by molar-refractivity contribution is -0.132. The topological polar surface area (TPSA) is 119 Å². The molecular weight excluding hydrogens is 427 g/mol. The number of halogens is 2. The summed E-state index contributed by atoms with van der Waals surface area (Å²) in [6.07, 6.45) is -0.474. The van der Waals surface area contributed by atoms with Crippen molar-refractivity contribution in [1.29, 1.82) is 0 Å². The number of carbonyl (C=O) groups is 2. The van der Waals surface area contributed by atoms with E-state index >= 15 is 0 Å². The fraction of sp³-hybridized carbons (Fsp3) is 0.286. The molecule has 2 aromatic heterocycles. The number of hydrogen-bond donors (Lipinski definition) is 4. The SMILES string of the molecule is O=C(N[C@@H](Cc1ccc(F)cc1)C(=O)N1C[C@@H](O)[C@H](O)C1)c1cc2cc(Cl)ncc2[nH]1. The van der Waals surface area contributed by atoms with Crippen LogP contribution in [0.15, 0.2) is 42.6 Å². The third-order valence-corrected chi connectivity index (χ3v) is 5.45. The molecule has 10 heteroatoms. The van der Waals surface area contributed by atoms with E-state index in [0.29, 0.717) is 16.5 Å². The Bertz CT molecular complexity index is 1110. The largest absolute Gasteiger partial charge is 0.388 e. The molecule has 3 heterocycles. The second kappa shape index (κ2) is 8.62. The van der Waals surface area contributed by atoms with Gasteiger partial charge in [-0.05, 0) is 29.8 Å². The highest BCUT2D eigenvalue weighted by Crippen LogP contribution is 2.19. The number of likely N-dealkylation sites (tertiary alicyclic amines) is 1. The van der Waals surface area contributed by atoms with Gasteiger partial charge >= 0.3 is 0 Å².